The minimum absolute atomic E-state index is 0.0154. The summed E-state index contributed by atoms with van der Waals surface area (Å²) in [6.45, 7) is 0. The number of hydrogen-bond acceptors (Lipinski definition) is 7. The van der Waals surface area contributed by atoms with Crippen LogP contribution in [0.15, 0.2) is 60.2 Å². The van der Waals surface area contributed by atoms with Gasteiger partial charge in [-0.2, -0.15) is 0 Å². The molecule has 2 aromatic heterocycles. The van der Waals surface area contributed by atoms with E-state index in [1.807, 2.05) is 30.3 Å². The lowest BCUT2D eigenvalue weighted by molar-refractivity contribution is -0.130. The van der Waals surface area contributed by atoms with Gasteiger partial charge in [-0.15, -0.1) is 0 Å². The van der Waals surface area contributed by atoms with Crippen molar-refractivity contribution in [3.8, 4) is 16.3 Å². The number of carbonyl (C=O) groups excluding carboxylic acids is 2. The van der Waals surface area contributed by atoms with E-state index in [0.29, 0.717) is 16.3 Å². The Hall–Kier alpha value is -3.16. The molecule has 0 bridgehead atoms. The van der Waals surface area contributed by atoms with Gasteiger partial charge in [0, 0.05) is 5.56 Å². The number of fused-ring (bicyclic) bond motifs is 2. The highest BCUT2D eigenvalue weighted by Crippen LogP contribution is 2.34. The number of para-hydroxylation sites is 1. The SMILES string of the molecule is O=C1Oc2ccccc2C(=O)/C1=C/c1nc2sc(-c3ccccc3)nc2s1. The van der Waals surface area contributed by atoms with E-state index < -0.39 is 5.97 Å². The van der Waals surface area contributed by atoms with Crippen LogP contribution in [0.1, 0.15) is 15.4 Å². The molecule has 0 fully saturated rings. The Morgan fingerprint density at radius 3 is 2.41 bits per heavy atom. The average Bonchev–Trinajstić information content (AvgIpc) is 3.24. The number of aromatic nitrogens is 2. The van der Waals surface area contributed by atoms with Crippen LogP contribution in [0.25, 0.3) is 26.3 Å². The van der Waals surface area contributed by atoms with Crippen molar-refractivity contribution in [2.45, 2.75) is 0 Å². The average molecular weight is 390 g/mol. The molecule has 2 aromatic carbocycles. The van der Waals surface area contributed by atoms with Gasteiger partial charge >= 0.3 is 5.97 Å². The highest BCUT2D eigenvalue weighted by atomic mass is 32.1. The van der Waals surface area contributed by atoms with Gasteiger partial charge in [-0.1, -0.05) is 65.1 Å². The molecule has 5 nitrogen and oxygen atoms in total. The summed E-state index contributed by atoms with van der Waals surface area (Å²) < 4.78 is 5.26. The Labute approximate surface area is 161 Å². The number of rotatable bonds is 2. The van der Waals surface area contributed by atoms with Gasteiger partial charge in [0.25, 0.3) is 0 Å². The molecule has 0 spiro atoms. The second-order valence-electron chi connectivity index (χ2n) is 5.82. The maximum absolute atomic E-state index is 12.6. The number of Topliss-reactive ketones (excluding diaryl/α,β-unsaturated/α-hetero) is 1. The number of thiazole rings is 2. The number of ketones is 1. The summed E-state index contributed by atoms with van der Waals surface area (Å²) in [5, 5.41) is 1.45. The Morgan fingerprint density at radius 2 is 1.59 bits per heavy atom. The predicted molar refractivity (Wildman–Crippen MR) is 105 cm³/mol. The summed E-state index contributed by atoms with van der Waals surface area (Å²) in [4.78, 5) is 35.5. The first-order valence-electron chi connectivity index (χ1n) is 8.09. The molecular weight excluding hydrogens is 380 g/mol. The summed E-state index contributed by atoms with van der Waals surface area (Å²) in [5.41, 5.74) is 1.40. The number of nitrogens with zero attached hydrogens (tertiary/aromatic N) is 2. The van der Waals surface area contributed by atoms with E-state index >= 15 is 0 Å². The van der Waals surface area contributed by atoms with Crippen molar-refractivity contribution in [3.63, 3.8) is 0 Å². The molecular formula is C20H10N2O3S2. The fourth-order valence-electron chi connectivity index (χ4n) is 2.81. The third-order valence-corrected chi connectivity index (χ3v) is 6.10. The maximum atomic E-state index is 12.6. The van der Waals surface area contributed by atoms with Crippen LogP contribution in [-0.2, 0) is 4.79 Å². The molecule has 0 amide bonds. The highest BCUT2D eigenvalue weighted by Gasteiger charge is 2.30. The van der Waals surface area contributed by atoms with Crippen LogP contribution in [-0.4, -0.2) is 21.7 Å². The lowest BCUT2D eigenvalue weighted by Crippen LogP contribution is -2.24. The van der Waals surface area contributed by atoms with E-state index in [1.54, 1.807) is 24.3 Å². The molecule has 0 radical (unpaired) electrons. The molecule has 27 heavy (non-hydrogen) atoms. The largest absolute Gasteiger partial charge is 0.422 e. The lowest BCUT2D eigenvalue weighted by Gasteiger charge is -2.15. The van der Waals surface area contributed by atoms with Crippen molar-refractivity contribution in [3.05, 3.63) is 70.7 Å². The standard InChI is InChI=1S/C20H10N2O3S2/c23-16-12-8-4-5-9-14(12)25-20(24)13(16)10-15-21-18-19(26-15)22-17(27-18)11-6-2-1-3-7-11/h1-10H/b13-10-. The Kier molecular flexibility index (Phi) is 3.70. The van der Waals surface area contributed by atoms with Crippen molar-refractivity contribution in [2.75, 3.05) is 0 Å². The summed E-state index contributed by atoms with van der Waals surface area (Å²) in [5.74, 6) is -0.715. The van der Waals surface area contributed by atoms with Gasteiger partial charge in [-0.25, -0.2) is 14.8 Å². The topological polar surface area (TPSA) is 69.2 Å². The van der Waals surface area contributed by atoms with Crippen LogP contribution in [0.5, 0.6) is 5.75 Å². The van der Waals surface area contributed by atoms with Gasteiger partial charge in [0.1, 0.15) is 21.3 Å². The zero-order valence-corrected chi connectivity index (χ0v) is 15.3. The molecule has 3 heterocycles. The lowest BCUT2D eigenvalue weighted by atomic mass is 10.00. The normalized spacial score (nSPS) is 15.2. The number of benzene rings is 2. The molecule has 0 saturated heterocycles. The van der Waals surface area contributed by atoms with E-state index in [9.17, 15) is 9.59 Å². The van der Waals surface area contributed by atoms with E-state index in [4.69, 9.17) is 4.74 Å². The third-order valence-electron chi connectivity index (χ3n) is 4.08. The van der Waals surface area contributed by atoms with E-state index in [1.165, 1.54) is 28.7 Å². The van der Waals surface area contributed by atoms with Crippen LogP contribution in [0.2, 0.25) is 0 Å². The number of carbonyl (C=O) groups is 2. The molecule has 1 aliphatic heterocycles. The molecule has 130 valence electrons. The van der Waals surface area contributed by atoms with Crippen molar-refractivity contribution >= 4 is 50.2 Å². The quantitative estimate of drug-likeness (QED) is 0.216. The van der Waals surface area contributed by atoms with E-state index in [2.05, 4.69) is 9.97 Å². The first kappa shape index (κ1) is 16.0. The summed E-state index contributed by atoms with van der Waals surface area (Å²) in [6, 6.07) is 16.6. The highest BCUT2D eigenvalue weighted by molar-refractivity contribution is 7.28. The zero-order valence-electron chi connectivity index (χ0n) is 13.7. The van der Waals surface area contributed by atoms with Gasteiger partial charge in [0.15, 0.2) is 9.66 Å². The molecule has 0 atom stereocenters. The molecule has 5 rings (SSSR count). The van der Waals surface area contributed by atoms with Gasteiger partial charge in [-0.3, -0.25) is 4.79 Å². The Bertz CT molecular complexity index is 1210. The first-order valence-corrected chi connectivity index (χ1v) is 9.73. The Balaban J connectivity index is 1.52. The third kappa shape index (κ3) is 2.77. The molecule has 0 saturated carbocycles. The monoisotopic (exact) mass is 390 g/mol. The van der Waals surface area contributed by atoms with Crippen LogP contribution in [0.4, 0.5) is 0 Å². The smallest absolute Gasteiger partial charge is 0.347 e. The fraction of sp³-hybridized carbons (Fsp3) is 0. The van der Waals surface area contributed by atoms with Gasteiger partial charge in [0.05, 0.1) is 5.56 Å². The van der Waals surface area contributed by atoms with Crippen LogP contribution in [0, 0.1) is 0 Å². The summed E-state index contributed by atoms with van der Waals surface area (Å²) >= 11 is 2.82. The molecule has 1 aliphatic rings. The minimum Gasteiger partial charge on any atom is -0.422 e. The molecule has 0 aliphatic carbocycles. The minimum atomic E-state index is -0.657. The molecule has 4 aromatic rings. The van der Waals surface area contributed by atoms with Crippen LogP contribution in [0.3, 0.4) is 0 Å². The molecule has 0 unspecified atom stereocenters. The van der Waals surface area contributed by atoms with Gasteiger partial charge < -0.3 is 4.74 Å². The van der Waals surface area contributed by atoms with Crippen molar-refractivity contribution in [1.29, 1.82) is 0 Å². The molecule has 7 heteroatoms. The van der Waals surface area contributed by atoms with E-state index in [-0.39, 0.29) is 11.4 Å². The Morgan fingerprint density at radius 1 is 0.852 bits per heavy atom. The van der Waals surface area contributed by atoms with Crippen LogP contribution < -0.4 is 4.74 Å². The summed E-state index contributed by atoms with van der Waals surface area (Å²) in [6.07, 6.45) is 1.49. The zero-order chi connectivity index (χ0) is 18.4. The van der Waals surface area contributed by atoms with Crippen molar-refractivity contribution in [2.24, 2.45) is 0 Å². The van der Waals surface area contributed by atoms with Crippen LogP contribution >= 0.6 is 22.7 Å². The first-order chi connectivity index (χ1) is 13.2. The fourth-order valence-corrected chi connectivity index (χ4v) is 4.81. The maximum Gasteiger partial charge on any atom is 0.347 e. The molecule has 0 N–H and O–H groups in total. The second kappa shape index (κ2) is 6.22. The van der Waals surface area contributed by atoms with Gasteiger partial charge in [0.2, 0.25) is 5.78 Å². The van der Waals surface area contributed by atoms with Crippen molar-refractivity contribution in [1.82, 2.24) is 9.97 Å². The summed E-state index contributed by atoms with van der Waals surface area (Å²) in [7, 11) is 0. The second-order valence-corrected chi connectivity index (χ2v) is 7.81. The van der Waals surface area contributed by atoms with Gasteiger partial charge in [-0.05, 0) is 18.2 Å². The predicted octanol–water partition coefficient (Wildman–Crippen LogP) is 4.61. The number of esters is 1. The van der Waals surface area contributed by atoms with Crippen molar-refractivity contribution < 1.29 is 14.3 Å². The van der Waals surface area contributed by atoms with E-state index in [0.717, 1.165) is 20.2 Å². The number of hydrogen-bond donors (Lipinski definition) is 0. The number of ether oxygens (including phenoxy) is 1.